The van der Waals surface area contributed by atoms with Gasteiger partial charge in [0.2, 0.25) is 0 Å². The summed E-state index contributed by atoms with van der Waals surface area (Å²) in [7, 11) is 0. The Bertz CT molecular complexity index is 3640. The fourth-order valence-corrected chi connectivity index (χ4v) is 13.8. The number of nitrogens with one attached hydrogen (secondary N) is 2. The van der Waals surface area contributed by atoms with Crippen molar-refractivity contribution in [3.63, 3.8) is 0 Å². The van der Waals surface area contributed by atoms with Gasteiger partial charge in [-0.1, -0.05) is 53.0 Å². The normalized spacial score (nSPS) is 25.1. The molecule has 12 rings (SSSR count). The molecule has 0 aromatic heterocycles. The van der Waals surface area contributed by atoms with Gasteiger partial charge in [-0.15, -0.1) is 0 Å². The number of aliphatic imine (C=N–C) groups is 6. The van der Waals surface area contributed by atoms with E-state index in [1.165, 1.54) is 0 Å². The van der Waals surface area contributed by atoms with E-state index in [1.54, 1.807) is 0 Å². The van der Waals surface area contributed by atoms with E-state index >= 15 is 0 Å². The van der Waals surface area contributed by atoms with Gasteiger partial charge < -0.3 is 30.3 Å². The molecule has 0 radical (unpaired) electrons. The highest BCUT2D eigenvalue weighted by Crippen LogP contribution is 2.49. The zero-order valence-corrected chi connectivity index (χ0v) is 48.6. The molecule has 0 saturated carbocycles. The first-order valence-electron chi connectivity index (χ1n) is 28.9. The maximum absolute atomic E-state index is 13.6. The topological polar surface area (TPSA) is 191 Å². The standard InChI is InChI=1S/C68H70N8O6/c1-13-39-31(5)47-25-51-35(9)43(65(73-51)45-23-59(77)63-37(11)53(75-67(45)63)29-57-41(15-3)33(7)49(71-57)27-55(39)69-47)17-19-61(79)81-21-22-82-62(80)20-18-44-36(10)52-26-48-32(6)40(14-2)56(70-48)28-50-34(8)42(16-4)58(72-50)30-54-38(12)64-60(78)24-46(66(44)74-52)68(64)76-54/h13-14,25-30,35-36,43-44,73-74,77-78H,1-2,15-24H2,3-12H3/t35-,36-,43-,44-/m0/s1. The second kappa shape index (κ2) is 20.8. The van der Waals surface area contributed by atoms with Crippen molar-refractivity contribution >= 4 is 46.2 Å². The average Bonchev–Trinajstić information content (AvgIpc) is 4.56. The Balaban J connectivity index is 0.742. The quantitative estimate of drug-likeness (QED) is 0.103. The summed E-state index contributed by atoms with van der Waals surface area (Å²) < 4.78 is 11.5. The third-order valence-electron chi connectivity index (χ3n) is 18.5. The molecule has 2 saturated heterocycles. The summed E-state index contributed by atoms with van der Waals surface area (Å²) in [6.07, 6.45) is 19.4. The molecule has 418 valence electrons. The lowest BCUT2D eigenvalue weighted by Crippen LogP contribution is -2.18. The summed E-state index contributed by atoms with van der Waals surface area (Å²) >= 11 is 0. The summed E-state index contributed by atoms with van der Waals surface area (Å²) in [5.74, 6) is -0.637. The average molecular weight is 1100 g/mol. The number of hydrogen-bond donors (Lipinski definition) is 4. The third-order valence-corrected chi connectivity index (χ3v) is 18.5. The first-order valence-corrected chi connectivity index (χ1v) is 28.9. The molecule has 0 aromatic rings. The van der Waals surface area contributed by atoms with Gasteiger partial charge in [-0.05, 0) is 148 Å². The van der Waals surface area contributed by atoms with E-state index in [1.807, 2.05) is 50.3 Å². The smallest absolute Gasteiger partial charge is 0.305 e. The van der Waals surface area contributed by atoms with Gasteiger partial charge in [0.1, 0.15) is 24.7 Å². The maximum Gasteiger partial charge on any atom is 0.305 e. The molecule has 82 heavy (non-hydrogen) atoms. The number of carbonyl (C=O) groups excluding carboxylic acids is 2. The van der Waals surface area contributed by atoms with Crippen molar-refractivity contribution in [1.82, 2.24) is 10.6 Å². The van der Waals surface area contributed by atoms with Crippen LogP contribution in [0.3, 0.4) is 0 Å². The number of carbonyl (C=O) groups is 2. The summed E-state index contributed by atoms with van der Waals surface area (Å²) in [6.45, 7) is 29.0. The molecule has 0 spiro atoms. The van der Waals surface area contributed by atoms with Crippen molar-refractivity contribution in [3.8, 4) is 0 Å². The van der Waals surface area contributed by atoms with E-state index in [9.17, 15) is 19.8 Å². The molecule has 2 fully saturated rings. The summed E-state index contributed by atoms with van der Waals surface area (Å²) in [4.78, 5) is 58.1. The number of ether oxygens (including phenoxy) is 2. The van der Waals surface area contributed by atoms with Crippen LogP contribution in [-0.2, 0) is 19.1 Å². The van der Waals surface area contributed by atoms with Gasteiger partial charge in [-0.2, -0.15) is 0 Å². The fraction of sp³-hybridized carbons (Fsp3) is 0.353. The second-order valence-electron chi connectivity index (χ2n) is 23.0. The van der Waals surface area contributed by atoms with Crippen LogP contribution in [0, 0.1) is 23.7 Å². The van der Waals surface area contributed by atoms with Gasteiger partial charge >= 0.3 is 11.9 Å². The Labute approximate surface area is 479 Å². The van der Waals surface area contributed by atoms with E-state index in [-0.39, 0.29) is 61.2 Å². The zero-order chi connectivity index (χ0) is 57.7. The number of fused-ring (bicyclic) bond motifs is 10. The molecule has 12 aliphatic rings. The van der Waals surface area contributed by atoms with Gasteiger partial charge in [0, 0.05) is 106 Å². The van der Waals surface area contributed by atoms with Crippen molar-refractivity contribution in [3.05, 3.63) is 208 Å². The van der Waals surface area contributed by atoms with E-state index in [0.29, 0.717) is 25.7 Å². The van der Waals surface area contributed by atoms with Crippen LogP contribution in [-0.4, -0.2) is 69.6 Å². The molecule has 0 aromatic carbocycles. The number of allylic oxidation sites excluding steroid dienone is 24. The molecule has 2 aliphatic carbocycles. The second-order valence-corrected chi connectivity index (χ2v) is 23.0. The van der Waals surface area contributed by atoms with Gasteiger partial charge in [-0.25, -0.2) is 30.0 Å². The molecular weight excluding hydrogens is 1020 g/mol. The van der Waals surface area contributed by atoms with Crippen molar-refractivity contribution in [2.75, 3.05) is 13.2 Å². The maximum atomic E-state index is 13.6. The predicted octanol–water partition coefficient (Wildman–Crippen LogP) is 13.3. The minimum atomic E-state index is -0.399. The molecule has 4 atom stereocenters. The number of nitrogens with zero attached hydrogens (tertiary/aromatic N) is 6. The van der Waals surface area contributed by atoms with Gasteiger partial charge in [0.05, 0.1) is 68.5 Å². The lowest BCUT2D eigenvalue weighted by molar-refractivity contribution is -0.152. The molecule has 16 bridgehead atoms. The number of esters is 2. The molecule has 0 unspecified atom stereocenters. The van der Waals surface area contributed by atoms with Crippen LogP contribution in [0.2, 0.25) is 0 Å². The lowest BCUT2D eigenvalue weighted by Gasteiger charge is -2.18. The third kappa shape index (κ3) is 8.83. The van der Waals surface area contributed by atoms with Gasteiger partial charge in [0.15, 0.2) is 0 Å². The largest absolute Gasteiger partial charge is 0.511 e. The van der Waals surface area contributed by atoms with Crippen molar-refractivity contribution in [1.29, 1.82) is 0 Å². The lowest BCUT2D eigenvalue weighted by atomic mass is 9.86. The summed E-state index contributed by atoms with van der Waals surface area (Å²) in [6, 6.07) is 0. The highest BCUT2D eigenvalue weighted by molar-refractivity contribution is 6.23. The Morgan fingerprint density at radius 3 is 1.30 bits per heavy atom. The fourth-order valence-electron chi connectivity index (χ4n) is 13.8. The number of hydrogen-bond acceptors (Lipinski definition) is 14. The first-order chi connectivity index (χ1) is 39.4. The summed E-state index contributed by atoms with van der Waals surface area (Å²) in [5, 5.41) is 30.7. The highest BCUT2D eigenvalue weighted by Gasteiger charge is 2.44. The van der Waals surface area contributed by atoms with Crippen LogP contribution in [0.5, 0.6) is 0 Å². The monoisotopic (exact) mass is 1090 g/mol. The molecule has 4 N–H and O–H groups in total. The van der Waals surface area contributed by atoms with Gasteiger partial charge in [0.25, 0.3) is 0 Å². The highest BCUT2D eigenvalue weighted by atomic mass is 16.6. The number of aliphatic hydroxyl groups excluding tert-OH is 2. The van der Waals surface area contributed by atoms with Crippen LogP contribution in [0.25, 0.3) is 0 Å². The van der Waals surface area contributed by atoms with E-state index in [2.05, 4.69) is 91.3 Å². The Kier molecular flexibility index (Phi) is 13.7. The minimum Gasteiger partial charge on any atom is -0.511 e. The number of aliphatic hydroxyl groups is 2. The Hall–Kier alpha value is -8.52. The van der Waals surface area contributed by atoms with E-state index in [0.717, 1.165) is 182 Å². The first kappa shape index (κ1) is 54.1. The molecule has 10 heterocycles. The van der Waals surface area contributed by atoms with Crippen LogP contribution < -0.4 is 10.6 Å². The summed E-state index contributed by atoms with van der Waals surface area (Å²) in [5.41, 5.74) is 26.9. The van der Waals surface area contributed by atoms with Crippen LogP contribution in [0.4, 0.5) is 0 Å². The molecule has 10 aliphatic heterocycles. The van der Waals surface area contributed by atoms with E-state index < -0.39 is 11.9 Å². The zero-order valence-electron chi connectivity index (χ0n) is 48.6. The van der Waals surface area contributed by atoms with Crippen molar-refractivity contribution in [2.24, 2.45) is 53.6 Å². The van der Waals surface area contributed by atoms with Crippen LogP contribution >= 0.6 is 0 Å². The van der Waals surface area contributed by atoms with Crippen molar-refractivity contribution < 1.29 is 29.3 Å². The molecule has 14 nitrogen and oxygen atoms in total. The Morgan fingerprint density at radius 2 is 0.927 bits per heavy atom. The van der Waals surface area contributed by atoms with Crippen molar-refractivity contribution in [2.45, 2.75) is 121 Å². The molecular formula is C68H70N8O6. The molecule has 0 amide bonds. The van der Waals surface area contributed by atoms with Crippen LogP contribution in [0.1, 0.15) is 121 Å². The predicted molar refractivity (Wildman–Crippen MR) is 325 cm³/mol. The number of rotatable bonds is 13. The Morgan fingerprint density at radius 1 is 0.549 bits per heavy atom. The molecule has 14 heteroatoms. The van der Waals surface area contributed by atoms with Crippen LogP contribution in [0.15, 0.2) is 238 Å². The SMILES string of the molecule is C=CC1=C(C)C2=NC1=CC1=NC(=CC3=C(C)C4=C(O)CC(=C5NC(=C2)[C@@H](C)[C@@H]5CCC(=O)OCCOC(=O)CC[C@@H]2C5=C6CC(O)=C7C6=NC(=C7C)C=C6N=C(C=C7N=C(C=C(N5)[C@H]2C)C(C)=C7C=C)C(C)=C6CC)C4=N3)C(CC)=C1C. The van der Waals surface area contributed by atoms with E-state index in [4.69, 9.17) is 39.4 Å². The minimum absolute atomic E-state index is 0.0526. The van der Waals surface area contributed by atoms with Gasteiger partial charge in [-0.3, -0.25) is 9.59 Å².